The number of hydrogen-bond acceptors (Lipinski definition) is 2. The first-order valence-electron chi connectivity index (χ1n) is 7.67. The number of anilines is 1. The minimum Gasteiger partial charge on any atom is -0.352 e. The molecule has 0 heterocycles. The summed E-state index contributed by atoms with van der Waals surface area (Å²) in [6, 6.07) is 12.1. The van der Waals surface area contributed by atoms with Crippen LogP contribution in [0.3, 0.4) is 0 Å². The summed E-state index contributed by atoms with van der Waals surface area (Å²) in [5.41, 5.74) is 3.01. The number of carbonyl (C=O) groups is 2. The predicted octanol–water partition coefficient (Wildman–Crippen LogP) is 3.72. The van der Waals surface area contributed by atoms with Crippen molar-refractivity contribution in [1.29, 1.82) is 0 Å². The van der Waals surface area contributed by atoms with Crippen LogP contribution in [0, 0.1) is 6.92 Å². The number of nitrogens with one attached hydrogen (secondary N) is 3. The lowest BCUT2D eigenvalue weighted by Gasteiger charge is -2.11. The Morgan fingerprint density at radius 3 is 2.38 bits per heavy atom. The quantitative estimate of drug-likeness (QED) is 0.773. The van der Waals surface area contributed by atoms with E-state index in [0.29, 0.717) is 29.4 Å². The Hall–Kier alpha value is -2.53. The molecular formula is C18H20ClN3O2. The monoisotopic (exact) mass is 345 g/mol. The number of hydrogen-bond donors (Lipinski definition) is 3. The Bertz CT molecular complexity index is 730. The second-order valence-corrected chi connectivity index (χ2v) is 5.76. The highest BCUT2D eigenvalue weighted by Crippen LogP contribution is 2.16. The zero-order valence-corrected chi connectivity index (χ0v) is 14.4. The van der Waals surface area contributed by atoms with Crippen LogP contribution in [0.25, 0.3) is 0 Å². The van der Waals surface area contributed by atoms with Gasteiger partial charge in [0, 0.05) is 29.4 Å². The zero-order chi connectivity index (χ0) is 17.5. The second kappa shape index (κ2) is 8.36. The molecule has 126 valence electrons. The third kappa shape index (κ3) is 4.99. The lowest BCUT2D eigenvalue weighted by Crippen LogP contribution is -2.28. The minimum atomic E-state index is -0.307. The maximum Gasteiger partial charge on any atom is 0.319 e. The van der Waals surface area contributed by atoms with Gasteiger partial charge >= 0.3 is 6.03 Å². The van der Waals surface area contributed by atoms with Gasteiger partial charge in [-0.25, -0.2) is 4.79 Å². The second-order valence-electron chi connectivity index (χ2n) is 5.32. The molecule has 2 rings (SSSR count). The maximum absolute atomic E-state index is 12.0. The Balaban J connectivity index is 1.93. The van der Waals surface area contributed by atoms with Crippen molar-refractivity contribution in [2.24, 2.45) is 0 Å². The van der Waals surface area contributed by atoms with E-state index >= 15 is 0 Å². The molecule has 2 aromatic carbocycles. The number of halogens is 1. The first-order valence-corrected chi connectivity index (χ1v) is 8.05. The van der Waals surface area contributed by atoms with Crippen molar-refractivity contribution in [3.05, 3.63) is 64.2 Å². The molecule has 0 unspecified atom stereocenters. The molecule has 0 radical (unpaired) electrons. The minimum absolute atomic E-state index is 0.126. The van der Waals surface area contributed by atoms with Crippen LogP contribution in [0.5, 0.6) is 0 Å². The van der Waals surface area contributed by atoms with Crippen molar-refractivity contribution in [2.45, 2.75) is 20.4 Å². The van der Waals surface area contributed by atoms with E-state index in [1.807, 2.05) is 26.0 Å². The molecule has 5 nitrogen and oxygen atoms in total. The van der Waals surface area contributed by atoms with Gasteiger partial charge in [0.2, 0.25) is 0 Å². The van der Waals surface area contributed by atoms with Gasteiger partial charge in [-0.05, 0) is 55.3 Å². The van der Waals surface area contributed by atoms with E-state index in [-0.39, 0.29) is 11.9 Å². The number of rotatable bonds is 5. The molecule has 0 spiro atoms. The average molecular weight is 346 g/mol. The van der Waals surface area contributed by atoms with Crippen molar-refractivity contribution in [2.75, 3.05) is 11.9 Å². The van der Waals surface area contributed by atoms with E-state index in [4.69, 9.17) is 11.6 Å². The standard InChI is InChI=1S/C18H20ClN3O2/c1-3-20-17(23)14-6-9-16(12(2)10-14)22-18(24)21-11-13-4-7-15(19)8-5-13/h4-10H,3,11H2,1-2H3,(H,20,23)(H2,21,22,24). The molecule has 0 atom stereocenters. The van der Waals surface area contributed by atoms with Gasteiger partial charge in [0.05, 0.1) is 0 Å². The van der Waals surface area contributed by atoms with E-state index in [1.54, 1.807) is 30.3 Å². The first kappa shape index (κ1) is 17.8. The Labute approximate surface area is 146 Å². The maximum atomic E-state index is 12.0. The van der Waals surface area contributed by atoms with Gasteiger partial charge in [0.25, 0.3) is 5.91 Å². The van der Waals surface area contributed by atoms with E-state index in [1.165, 1.54) is 0 Å². The normalized spacial score (nSPS) is 10.1. The highest BCUT2D eigenvalue weighted by atomic mass is 35.5. The SMILES string of the molecule is CCNC(=O)c1ccc(NC(=O)NCc2ccc(Cl)cc2)c(C)c1. The topological polar surface area (TPSA) is 70.2 Å². The van der Waals surface area contributed by atoms with Crippen LogP contribution in [0.4, 0.5) is 10.5 Å². The van der Waals surface area contributed by atoms with E-state index in [2.05, 4.69) is 16.0 Å². The summed E-state index contributed by atoms with van der Waals surface area (Å²) in [5.74, 6) is -0.126. The van der Waals surface area contributed by atoms with Crippen LogP contribution in [-0.4, -0.2) is 18.5 Å². The molecule has 0 aliphatic rings. The summed E-state index contributed by atoms with van der Waals surface area (Å²) in [6.45, 7) is 4.69. The molecule has 0 bridgehead atoms. The van der Waals surface area contributed by atoms with E-state index in [0.717, 1.165) is 11.1 Å². The molecule has 6 heteroatoms. The summed E-state index contributed by atoms with van der Waals surface area (Å²) in [7, 11) is 0. The molecular weight excluding hydrogens is 326 g/mol. The molecule has 3 amide bonds. The molecule has 2 aromatic rings. The van der Waals surface area contributed by atoms with Crippen LogP contribution in [-0.2, 0) is 6.54 Å². The molecule has 0 aliphatic heterocycles. The largest absolute Gasteiger partial charge is 0.352 e. The van der Waals surface area contributed by atoms with Crippen LogP contribution in [0.2, 0.25) is 5.02 Å². The fourth-order valence-corrected chi connectivity index (χ4v) is 2.28. The molecule has 3 N–H and O–H groups in total. The summed E-state index contributed by atoms with van der Waals surface area (Å²) in [4.78, 5) is 23.8. The Morgan fingerprint density at radius 2 is 1.75 bits per heavy atom. The number of amides is 3. The summed E-state index contributed by atoms with van der Waals surface area (Å²) >= 11 is 5.83. The summed E-state index contributed by atoms with van der Waals surface area (Å²) in [6.07, 6.45) is 0. The molecule has 0 fully saturated rings. The number of carbonyl (C=O) groups excluding carboxylic acids is 2. The lowest BCUT2D eigenvalue weighted by molar-refractivity contribution is 0.0955. The number of benzene rings is 2. The van der Waals surface area contributed by atoms with Gasteiger partial charge in [-0.2, -0.15) is 0 Å². The van der Waals surface area contributed by atoms with Crippen LogP contribution in [0.15, 0.2) is 42.5 Å². The smallest absolute Gasteiger partial charge is 0.319 e. The highest BCUT2D eigenvalue weighted by Gasteiger charge is 2.09. The van der Waals surface area contributed by atoms with E-state index < -0.39 is 0 Å². The van der Waals surface area contributed by atoms with Crippen molar-refractivity contribution >= 4 is 29.2 Å². The zero-order valence-electron chi connectivity index (χ0n) is 13.7. The van der Waals surface area contributed by atoms with Crippen molar-refractivity contribution in [1.82, 2.24) is 10.6 Å². The Morgan fingerprint density at radius 1 is 1.04 bits per heavy atom. The molecule has 24 heavy (non-hydrogen) atoms. The highest BCUT2D eigenvalue weighted by molar-refractivity contribution is 6.30. The fourth-order valence-electron chi connectivity index (χ4n) is 2.16. The van der Waals surface area contributed by atoms with Gasteiger partial charge in [-0.3, -0.25) is 4.79 Å². The van der Waals surface area contributed by atoms with Crippen molar-refractivity contribution < 1.29 is 9.59 Å². The number of aryl methyl sites for hydroxylation is 1. The summed E-state index contributed by atoms with van der Waals surface area (Å²) in [5, 5.41) is 8.96. The van der Waals surface area contributed by atoms with E-state index in [9.17, 15) is 9.59 Å². The van der Waals surface area contributed by atoms with Crippen LogP contribution in [0.1, 0.15) is 28.4 Å². The van der Waals surface area contributed by atoms with Gasteiger partial charge in [-0.1, -0.05) is 23.7 Å². The van der Waals surface area contributed by atoms with Gasteiger partial charge in [0.15, 0.2) is 0 Å². The van der Waals surface area contributed by atoms with Gasteiger partial charge in [-0.15, -0.1) is 0 Å². The van der Waals surface area contributed by atoms with Crippen molar-refractivity contribution in [3.63, 3.8) is 0 Å². The van der Waals surface area contributed by atoms with Crippen molar-refractivity contribution in [3.8, 4) is 0 Å². The third-order valence-electron chi connectivity index (χ3n) is 3.44. The van der Waals surface area contributed by atoms with Crippen LogP contribution < -0.4 is 16.0 Å². The van der Waals surface area contributed by atoms with Gasteiger partial charge in [0.1, 0.15) is 0 Å². The average Bonchev–Trinajstić information content (AvgIpc) is 2.56. The molecule has 0 saturated heterocycles. The fraction of sp³-hybridized carbons (Fsp3) is 0.222. The number of urea groups is 1. The molecule has 0 aliphatic carbocycles. The van der Waals surface area contributed by atoms with Crippen LogP contribution >= 0.6 is 11.6 Å². The lowest BCUT2D eigenvalue weighted by atomic mass is 10.1. The van der Waals surface area contributed by atoms with Gasteiger partial charge < -0.3 is 16.0 Å². The third-order valence-corrected chi connectivity index (χ3v) is 3.69. The first-order chi connectivity index (χ1) is 11.5. The Kier molecular flexibility index (Phi) is 6.21. The predicted molar refractivity (Wildman–Crippen MR) is 96.5 cm³/mol. The summed E-state index contributed by atoms with van der Waals surface area (Å²) < 4.78 is 0. The molecule has 0 saturated carbocycles. The molecule has 0 aromatic heterocycles.